The van der Waals surface area contributed by atoms with Crippen LogP contribution in [0.4, 0.5) is 0 Å². The van der Waals surface area contributed by atoms with Crippen LogP contribution in [0.2, 0.25) is 0 Å². The van der Waals surface area contributed by atoms with Gasteiger partial charge in [0.15, 0.2) is 0 Å². The van der Waals surface area contributed by atoms with Gasteiger partial charge in [0.2, 0.25) is 0 Å². The first-order valence-electron chi connectivity index (χ1n) is 18.4. The molecule has 0 aliphatic carbocycles. The predicted octanol–water partition coefficient (Wildman–Crippen LogP) is 13.7. The van der Waals surface area contributed by atoms with Gasteiger partial charge in [-0.25, -0.2) is 0 Å². The van der Waals surface area contributed by atoms with Gasteiger partial charge >= 0.3 is 0 Å². The van der Waals surface area contributed by atoms with Crippen LogP contribution in [-0.4, -0.2) is 37.7 Å². The first kappa shape index (κ1) is 39.0. The number of fused-ring (bicyclic) bond motifs is 1. The van der Waals surface area contributed by atoms with Crippen molar-refractivity contribution in [3.8, 4) is 0 Å². The number of hydrogen-bond acceptors (Lipinski definition) is 0. The first-order chi connectivity index (χ1) is 19.9. The van der Waals surface area contributed by atoms with Crippen molar-refractivity contribution in [2.75, 3.05) is 0 Å². The van der Waals surface area contributed by atoms with Gasteiger partial charge in [-0.3, -0.25) is 0 Å². The van der Waals surface area contributed by atoms with Crippen molar-refractivity contribution < 1.29 is 0 Å². The molecule has 0 bridgehead atoms. The van der Waals surface area contributed by atoms with Crippen LogP contribution in [0.3, 0.4) is 0 Å². The van der Waals surface area contributed by atoms with Crippen LogP contribution >= 0.6 is 0 Å². The van der Waals surface area contributed by atoms with E-state index in [0.29, 0.717) is 0 Å². The molecule has 0 unspecified atom stereocenters. The van der Waals surface area contributed by atoms with Crippen molar-refractivity contribution in [3.05, 3.63) is 47.5 Å². The number of rotatable bonds is 28. The van der Waals surface area contributed by atoms with Crippen molar-refractivity contribution in [2.24, 2.45) is 0 Å². The quantitative estimate of drug-likeness (QED) is 0.0685. The van der Waals surface area contributed by atoms with Crippen LogP contribution in [0, 0.1) is 0 Å². The van der Waals surface area contributed by atoms with Crippen LogP contribution in [0.15, 0.2) is 36.4 Å². The average molecular weight is 589 g/mol. The smallest absolute Gasteiger partial charge is 0 e. The summed E-state index contributed by atoms with van der Waals surface area (Å²) in [6.07, 6.45) is 39.8. The summed E-state index contributed by atoms with van der Waals surface area (Å²) in [4.78, 5) is 0. The summed E-state index contributed by atoms with van der Waals surface area (Å²) in [6.45, 7) is 4.61. The normalized spacial score (nSPS) is 11.3. The Morgan fingerprint density at radius 3 is 1.17 bits per heavy atom. The molecule has 0 N–H and O–H groups in total. The third kappa shape index (κ3) is 19.8. The zero-order valence-electron chi connectivity index (χ0n) is 28.0. The zero-order chi connectivity index (χ0) is 28.4. The van der Waals surface area contributed by atoms with Gasteiger partial charge in [0.05, 0.1) is 0 Å². The Morgan fingerprint density at radius 2 is 0.732 bits per heavy atom. The first-order valence-corrected chi connectivity index (χ1v) is 18.4. The molecule has 0 aliphatic heterocycles. The van der Waals surface area contributed by atoms with Crippen LogP contribution in [0.25, 0.3) is 10.8 Å². The van der Waals surface area contributed by atoms with Gasteiger partial charge in [-0.05, 0) is 47.6 Å². The van der Waals surface area contributed by atoms with E-state index >= 15 is 0 Å². The number of hydrogen-bond donors (Lipinski definition) is 0. The van der Waals surface area contributed by atoms with Gasteiger partial charge in [-0.2, -0.15) is 0 Å². The van der Waals surface area contributed by atoms with Crippen LogP contribution in [0.5, 0.6) is 0 Å². The second-order valence-electron chi connectivity index (χ2n) is 12.9. The van der Waals surface area contributed by atoms with E-state index in [-0.39, 0.29) is 37.7 Å². The number of benzene rings is 2. The van der Waals surface area contributed by atoms with Crippen molar-refractivity contribution in [1.29, 1.82) is 0 Å². The van der Waals surface area contributed by atoms with Gasteiger partial charge < -0.3 is 0 Å². The van der Waals surface area contributed by atoms with Crippen molar-refractivity contribution >= 4 is 48.5 Å². The fraction of sp³-hybridized carbons (Fsp3) is 0.750. The van der Waals surface area contributed by atoms with E-state index < -0.39 is 0 Å². The summed E-state index contributed by atoms with van der Waals surface area (Å²) < 4.78 is 0. The van der Waals surface area contributed by atoms with E-state index in [1.807, 2.05) is 0 Å². The Balaban J connectivity index is 0.00000840. The van der Waals surface area contributed by atoms with E-state index in [1.54, 1.807) is 11.1 Å². The molecular weight excluding hydrogens is 521 g/mol. The van der Waals surface area contributed by atoms with E-state index in [4.69, 9.17) is 0 Å². The molecule has 2 aromatic rings. The topological polar surface area (TPSA) is 0 Å². The van der Waals surface area contributed by atoms with Gasteiger partial charge in [-0.15, -0.1) is 0 Å². The monoisotopic (exact) mass is 588 g/mol. The molecule has 0 saturated carbocycles. The molecule has 0 amide bonds. The maximum absolute atomic E-state index is 2.46. The third-order valence-corrected chi connectivity index (χ3v) is 9.22. The summed E-state index contributed by atoms with van der Waals surface area (Å²) in [7, 11) is 0. The largest absolute Gasteiger partial charge is 0.0654 e. The van der Waals surface area contributed by atoms with E-state index in [2.05, 4.69) is 50.2 Å². The van der Waals surface area contributed by atoms with E-state index in [9.17, 15) is 0 Å². The SMILES string of the molecule is CCCCCCCCCCCCCCCc1ccc2ccccc2c1CCCCCCCCCCCCCCC.[Ca]. The summed E-state index contributed by atoms with van der Waals surface area (Å²) in [5.74, 6) is 0. The van der Waals surface area contributed by atoms with E-state index in [1.165, 1.54) is 191 Å². The minimum absolute atomic E-state index is 0. The molecule has 230 valence electrons. The fourth-order valence-corrected chi connectivity index (χ4v) is 6.56. The molecule has 0 heterocycles. The minimum atomic E-state index is 0. The van der Waals surface area contributed by atoms with Crippen LogP contribution in [0.1, 0.15) is 192 Å². The summed E-state index contributed by atoms with van der Waals surface area (Å²) >= 11 is 0. The summed E-state index contributed by atoms with van der Waals surface area (Å²) in [5.41, 5.74) is 3.31. The molecule has 41 heavy (non-hydrogen) atoms. The Kier molecular flexibility index (Phi) is 27.3. The molecule has 0 nitrogen and oxygen atoms in total. The molecule has 0 saturated heterocycles. The fourth-order valence-electron chi connectivity index (χ4n) is 6.56. The maximum atomic E-state index is 2.46. The van der Waals surface area contributed by atoms with Crippen molar-refractivity contribution in [1.82, 2.24) is 0 Å². The molecule has 2 aromatic carbocycles. The molecule has 0 aromatic heterocycles. The Labute approximate surface area is 287 Å². The van der Waals surface area contributed by atoms with Crippen molar-refractivity contribution in [3.63, 3.8) is 0 Å². The van der Waals surface area contributed by atoms with Gasteiger partial charge in [-0.1, -0.05) is 204 Å². The van der Waals surface area contributed by atoms with Gasteiger partial charge in [0, 0.05) is 37.7 Å². The van der Waals surface area contributed by atoms with Crippen LogP contribution < -0.4 is 0 Å². The molecule has 0 atom stereocenters. The molecular formula is C40H68Ca. The van der Waals surface area contributed by atoms with Gasteiger partial charge in [0.25, 0.3) is 0 Å². The predicted molar refractivity (Wildman–Crippen MR) is 188 cm³/mol. The Bertz CT molecular complexity index is 825. The molecule has 2 radical (unpaired) electrons. The Morgan fingerprint density at radius 1 is 0.366 bits per heavy atom. The van der Waals surface area contributed by atoms with Crippen molar-refractivity contribution in [2.45, 2.75) is 194 Å². The second kappa shape index (κ2) is 28.7. The van der Waals surface area contributed by atoms with Gasteiger partial charge in [0.1, 0.15) is 0 Å². The number of unbranched alkanes of at least 4 members (excludes halogenated alkanes) is 24. The second-order valence-corrected chi connectivity index (χ2v) is 12.9. The maximum Gasteiger partial charge on any atom is 0 e. The molecule has 0 aliphatic rings. The van der Waals surface area contributed by atoms with Crippen LogP contribution in [-0.2, 0) is 12.8 Å². The summed E-state index contributed by atoms with van der Waals surface area (Å²) in [5, 5.41) is 2.95. The molecule has 0 fully saturated rings. The standard InChI is InChI=1S/C40H68.Ca/c1-3-5-7-9-11-13-15-17-19-21-23-25-27-31-37-35-36-38-32-29-30-34-40(38)39(37)33-28-26-24-22-20-18-16-14-12-10-8-6-4-2;/h29-30,32,34-36H,3-28,31,33H2,1-2H3;. The molecule has 0 spiro atoms. The third-order valence-electron chi connectivity index (χ3n) is 9.22. The Hall–Kier alpha value is -0.0403. The average Bonchev–Trinajstić information content (AvgIpc) is 2.98. The summed E-state index contributed by atoms with van der Waals surface area (Å²) in [6, 6.07) is 14.0. The van der Waals surface area contributed by atoms with E-state index in [0.717, 1.165) is 0 Å². The number of aryl methyl sites for hydroxylation is 2. The zero-order valence-corrected chi connectivity index (χ0v) is 30.2. The minimum Gasteiger partial charge on any atom is -0.0654 e. The molecule has 1 heteroatoms. The molecule has 2 rings (SSSR count).